The van der Waals surface area contributed by atoms with Gasteiger partial charge >= 0.3 is 5.97 Å². The minimum Gasteiger partial charge on any atom is -0.491 e. The standard InChI is InChI=1S/C38H46FN7O4S2Si/c1-8-49-36(47)34-32(16-12-20-50-30-18-17-27(24-28(30)39)13-11-19-40-3)52-37(41-34)45(4)33-23-26(2)35(44-43-33)42-38-46(25-48-21-22-53(5,6)7)29-14-9-10-15-31(29)51-38/h9-10,14-15,17-18,23-24,40H,8,12,16,19-22,25H2,1-7H3/b42-38-. The third-order valence-corrected chi connectivity index (χ3v) is 11.9. The molecule has 0 bridgehead atoms. The van der Waals surface area contributed by atoms with Gasteiger partial charge in [0.1, 0.15) is 6.73 Å². The van der Waals surface area contributed by atoms with Gasteiger partial charge < -0.3 is 24.4 Å². The molecule has 5 aromatic rings. The van der Waals surface area contributed by atoms with Gasteiger partial charge in [0.05, 0.1) is 30.0 Å². The Labute approximate surface area is 318 Å². The Morgan fingerprint density at radius 2 is 1.92 bits per heavy atom. The lowest BCUT2D eigenvalue weighted by Gasteiger charge is -2.16. The average molecular weight is 776 g/mol. The molecule has 0 fully saturated rings. The number of fused-ring (bicyclic) bond motifs is 1. The minimum atomic E-state index is -1.22. The second kappa shape index (κ2) is 18.5. The number of ether oxygens (including phenoxy) is 3. The van der Waals surface area contributed by atoms with Crippen molar-refractivity contribution in [1.82, 2.24) is 25.1 Å². The second-order valence-electron chi connectivity index (χ2n) is 13.4. The zero-order valence-electron chi connectivity index (χ0n) is 31.3. The van der Waals surface area contributed by atoms with E-state index in [4.69, 9.17) is 19.2 Å². The van der Waals surface area contributed by atoms with Gasteiger partial charge in [0, 0.05) is 32.2 Å². The van der Waals surface area contributed by atoms with Crippen LogP contribution in [0.25, 0.3) is 10.2 Å². The fourth-order valence-corrected chi connectivity index (χ4v) is 7.88. The molecule has 0 saturated heterocycles. The molecule has 0 unspecified atom stereocenters. The molecule has 53 heavy (non-hydrogen) atoms. The van der Waals surface area contributed by atoms with Crippen LogP contribution in [0, 0.1) is 24.6 Å². The number of aromatic nitrogens is 4. The quantitative estimate of drug-likeness (QED) is 0.0472. The monoisotopic (exact) mass is 775 g/mol. The van der Waals surface area contributed by atoms with Crippen LogP contribution >= 0.6 is 22.7 Å². The van der Waals surface area contributed by atoms with E-state index in [0.717, 1.165) is 31.5 Å². The first-order valence-corrected chi connectivity index (χ1v) is 22.8. The van der Waals surface area contributed by atoms with Crippen LogP contribution in [0.3, 0.4) is 0 Å². The Bertz CT molecular complexity index is 2170. The van der Waals surface area contributed by atoms with Crippen LogP contribution in [0.5, 0.6) is 5.75 Å². The number of halogens is 1. The van der Waals surface area contributed by atoms with Crippen molar-refractivity contribution < 1.29 is 23.4 Å². The fraction of sp³-hybridized carbons (Fsp3) is 0.395. The highest BCUT2D eigenvalue weighted by Crippen LogP contribution is 2.32. The summed E-state index contributed by atoms with van der Waals surface area (Å²) in [6.45, 7) is 12.8. The molecule has 11 nitrogen and oxygen atoms in total. The number of aryl methyl sites for hydroxylation is 2. The molecular formula is C38H46FN7O4S2Si. The van der Waals surface area contributed by atoms with Crippen molar-refractivity contribution in [3.05, 3.63) is 80.8 Å². The first-order valence-electron chi connectivity index (χ1n) is 17.5. The number of esters is 1. The third kappa shape index (κ3) is 10.8. The second-order valence-corrected chi connectivity index (χ2v) is 21.1. The number of carbonyl (C=O) groups is 1. The number of thiazole rings is 2. The van der Waals surface area contributed by atoms with Gasteiger partial charge in [0.2, 0.25) is 0 Å². The summed E-state index contributed by atoms with van der Waals surface area (Å²) in [6.07, 6.45) is 1.01. The molecule has 5 rings (SSSR count). The van der Waals surface area contributed by atoms with Crippen molar-refractivity contribution in [3.8, 4) is 17.6 Å². The molecule has 0 spiro atoms. The number of hydrogen-bond acceptors (Lipinski definition) is 12. The Hall–Kier alpha value is -4.46. The van der Waals surface area contributed by atoms with Crippen molar-refractivity contribution in [2.75, 3.05) is 45.4 Å². The first-order chi connectivity index (χ1) is 25.5. The number of nitrogens with zero attached hydrogens (tertiary/aromatic N) is 6. The molecule has 0 radical (unpaired) electrons. The summed E-state index contributed by atoms with van der Waals surface area (Å²) in [6, 6.07) is 15.8. The summed E-state index contributed by atoms with van der Waals surface area (Å²) in [5.41, 5.74) is 2.71. The number of para-hydroxylation sites is 1. The topological polar surface area (TPSA) is 116 Å². The van der Waals surface area contributed by atoms with Gasteiger partial charge in [0.25, 0.3) is 0 Å². The van der Waals surface area contributed by atoms with Crippen LogP contribution in [0.1, 0.15) is 39.8 Å². The summed E-state index contributed by atoms with van der Waals surface area (Å²) >= 11 is 2.95. The molecule has 280 valence electrons. The van der Waals surface area contributed by atoms with Crippen molar-refractivity contribution >= 4 is 63.7 Å². The number of nitrogens with one attached hydrogen (secondary N) is 1. The Balaban J connectivity index is 1.31. The van der Waals surface area contributed by atoms with Crippen LogP contribution in [-0.2, 0) is 22.6 Å². The fourth-order valence-electron chi connectivity index (χ4n) is 5.05. The van der Waals surface area contributed by atoms with Crippen LogP contribution in [0.2, 0.25) is 25.7 Å². The van der Waals surface area contributed by atoms with Gasteiger partial charge in [-0.3, -0.25) is 4.57 Å². The third-order valence-electron chi connectivity index (χ3n) is 7.97. The summed E-state index contributed by atoms with van der Waals surface area (Å²) < 4.78 is 35.0. The van der Waals surface area contributed by atoms with E-state index >= 15 is 0 Å². The van der Waals surface area contributed by atoms with E-state index in [2.05, 4.69) is 68.7 Å². The van der Waals surface area contributed by atoms with Gasteiger partial charge in [-0.2, -0.15) is 4.99 Å². The summed E-state index contributed by atoms with van der Waals surface area (Å²) in [5.74, 6) is 6.05. The summed E-state index contributed by atoms with van der Waals surface area (Å²) in [4.78, 5) is 25.8. The molecule has 1 N–H and O–H groups in total. The highest BCUT2D eigenvalue weighted by molar-refractivity contribution is 7.16. The number of carbonyl (C=O) groups excluding carboxylic acids is 1. The lowest BCUT2D eigenvalue weighted by Crippen LogP contribution is -2.23. The highest BCUT2D eigenvalue weighted by Gasteiger charge is 2.23. The van der Waals surface area contributed by atoms with Crippen molar-refractivity contribution in [1.29, 1.82) is 0 Å². The van der Waals surface area contributed by atoms with E-state index in [0.29, 0.717) is 55.1 Å². The van der Waals surface area contributed by atoms with E-state index in [1.165, 1.54) is 17.4 Å². The molecule has 3 aromatic heterocycles. The van der Waals surface area contributed by atoms with Gasteiger partial charge in [0.15, 0.2) is 38.8 Å². The van der Waals surface area contributed by atoms with Gasteiger partial charge in [-0.25, -0.2) is 14.2 Å². The molecular weight excluding hydrogens is 730 g/mol. The van der Waals surface area contributed by atoms with Crippen molar-refractivity contribution in [2.24, 2.45) is 4.99 Å². The Morgan fingerprint density at radius 3 is 2.66 bits per heavy atom. The van der Waals surface area contributed by atoms with E-state index in [1.54, 1.807) is 42.3 Å². The zero-order valence-corrected chi connectivity index (χ0v) is 33.9. The normalized spacial score (nSPS) is 11.8. The van der Waals surface area contributed by atoms with Crippen molar-refractivity contribution in [3.63, 3.8) is 0 Å². The molecule has 0 amide bonds. The smallest absolute Gasteiger partial charge is 0.358 e. The van der Waals surface area contributed by atoms with Crippen LogP contribution < -0.4 is 19.8 Å². The number of anilines is 2. The average Bonchev–Trinajstić information content (AvgIpc) is 3.71. The van der Waals surface area contributed by atoms with Crippen molar-refractivity contribution in [2.45, 2.75) is 59.1 Å². The van der Waals surface area contributed by atoms with E-state index in [9.17, 15) is 9.18 Å². The molecule has 2 aromatic carbocycles. The molecule has 0 atom stereocenters. The Morgan fingerprint density at radius 1 is 1.11 bits per heavy atom. The zero-order chi connectivity index (χ0) is 38.0. The number of rotatable bonds is 16. The van der Waals surface area contributed by atoms with Crippen LogP contribution in [-0.4, -0.2) is 74.3 Å². The molecule has 0 aliphatic rings. The number of hydrogen-bond donors (Lipinski definition) is 1. The van der Waals surface area contributed by atoms with E-state index in [1.807, 2.05) is 32.2 Å². The predicted octanol–water partition coefficient (Wildman–Crippen LogP) is 7.47. The molecule has 0 aliphatic heterocycles. The maximum atomic E-state index is 14.6. The molecule has 0 aliphatic carbocycles. The largest absolute Gasteiger partial charge is 0.491 e. The van der Waals surface area contributed by atoms with Gasteiger partial charge in [-0.05, 0) is 81.7 Å². The van der Waals surface area contributed by atoms with Gasteiger partial charge in [-0.15, -0.1) is 21.5 Å². The summed E-state index contributed by atoms with van der Waals surface area (Å²) in [7, 11) is 2.41. The highest BCUT2D eigenvalue weighted by atomic mass is 32.1. The van der Waals surface area contributed by atoms with Crippen LogP contribution in [0.4, 0.5) is 21.2 Å². The number of benzene rings is 2. The predicted molar refractivity (Wildman–Crippen MR) is 213 cm³/mol. The molecule has 15 heteroatoms. The maximum Gasteiger partial charge on any atom is 0.358 e. The molecule has 0 saturated carbocycles. The molecule has 3 heterocycles. The van der Waals surface area contributed by atoms with E-state index in [-0.39, 0.29) is 24.7 Å². The Kier molecular flexibility index (Phi) is 13.9. The minimum absolute atomic E-state index is 0.150. The van der Waals surface area contributed by atoms with E-state index < -0.39 is 19.9 Å². The lowest BCUT2D eigenvalue weighted by molar-refractivity contribution is 0.0519. The van der Waals surface area contributed by atoms with Crippen LogP contribution in [0.15, 0.2) is 53.5 Å². The summed E-state index contributed by atoms with van der Waals surface area (Å²) in [5, 5.41) is 12.5. The SMILES string of the molecule is CCOC(=O)c1nc(N(C)c2cc(C)c(/N=c3\sc4ccccc4n3COCC[Si](C)(C)C)nn2)sc1CCCOc1ccc(C#CCNC)cc1F. The lowest BCUT2D eigenvalue weighted by atomic mass is 10.2. The first kappa shape index (κ1) is 39.7. The maximum absolute atomic E-state index is 14.6. The van der Waals surface area contributed by atoms with Gasteiger partial charge in [-0.1, -0.05) is 55.0 Å².